The van der Waals surface area contributed by atoms with Gasteiger partial charge in [-0.25, -0.2) is 0 Å². The Morgan fingerprint density at radius 2 is 1.68 bits per heavy atom. The van der Waals surface area contributed by atoms with E-state index in [-0.39, 0.29) is 0 Å². The summed E-state index contributed by atoms with van der Waals surface area (Å²) in [7, 11) is 2.04. The standard InChI is InChI=1S/C17H20BrN/c1-13-6-8-14(9-7-13)11-17(19-2)12-15-4-3-5-16(18)10-15/h3-10,17,19H,11-12H2,1-2H3. The molecular formula is C17H20BrN. The van der Waals surface area contributed by atoms with Crippen molar-refractivity contribution in [1.82, 2.24) is 5.32 Å². The number of likely N-dealkylation sites (N-methyl/N-ethyl adjacent to an activating group) is 1. The smallest absolute Gasteiger partial charge is 0.0178 e. The van der Waals surface area contributed by atoms with E-state index in [1.807, 2.05) is 7.05 Å². The van der Waals surface area contributed by atoms with E-state index in [0.29, 0.717) is 6.04 Å². The normalized spacial score (nSPS) is 12.4. The zero-order chi connectivity index (χ0) is 13.7. The van der Waals surface area contributed by atoms with Crippen LogP contribution in [0.3, 0.4) is 0 Å². The fraction of sp³-hybridized carbons (Fsp3) is 0.294. The Labute approximate surface area is 124 Å². The van der Waals surface area contributed by atoms with Gasteiger partial charge in [0.2, 0.25) is 0 Å². The van der Waals surface area contributed by atoms with Crippen LogP contribution < -0.4 is 5.32 Å². The van der Waals surface area contributed by atoms with E-state index in [1.165, 1.54) is 16.7 Å². The number of nitrogens with one attached hydrogen (secondary N) is 1. The number of aryl methyl sites for hydroxylation is 1. The Hall–Kier alpha value is -1.12. The highest BCUT2D eigenvalue weighted by Crippen LogP contribution is 2.15. The molecule has 0 saturated carbocycles. The Morgan fingerprint density at radius 1 is 1.00 bits per heavy atom. The van der Waals surface area contributed by atoms with Crippen LogP contribution in [0.25, 0.3) is 0 Å². The summed E-state index contributed by atoms with van der Waals surface area (Å²) in [5.41, 5.74) is 4.07. The van der Waals surface area contributed by atoms with Crippen LogP contribution in [0, 0.1) is 6.92 Å². The zero-order valence-electron chi connectivity index (χ0n) is 11.5. The molecule has 19 heavy (non-hydrogen) atoms. The molecule has 2 rings (SSSR count). The van der Waals surface area contributed by atoms with E-state index >= 15 is 0 Å². The third-order valence-electron chi connectivity index (χ3n) is 3.38. The number of rotatable bonds is 5. The van der Waals surface area contributed by atoms with Crippen molar-refractivity contribution < 1.29 is 0 Å². The van der Waals surface area contributed by atoms with Crippen LogP contribution in [-0.2, 0) is 12.8 Å². The number of hydrogen-bond donors (Lipinski definition) is 1. The van der Waals surface area contributed by atoms with Gasteiger partial charge >= 0.3 is 0 Å². The summed E-state index contributed by atoms with van der Waals surface area (Å²) < 4.78 is 1.15. The van der Waals surface area contributed by atoms with Gasteiger partial charge in [-0.1, -0.05) is 57.9 Å². The van der Waals surface area contributed by atoms with Crippen LogP contribution in [0.2, 0.25) is 0 Å². The predicted molar refractivity (Wildman–Crippen MR) is 85.6 cm³/mol. The molecule has 0 spiro atoms. The second-order valence-corrected chi connectivity index (χ2v) is 5.93. The SMILES string of the molecule is CNC(Cc1ccc(C)cc1)Cc1cccc(Br)c1. The van der Waals surface area contributed by atoms with Gasteiger partial charge in [0.05, 0.1) is 0 Å². The average Bonchev–Trinajstić information content (AvgIpc) is 2.40. The van der Waals surface area contributed by atoms with Gasteiger partial charge in [0, 0.05) is 10.5 Å². The van der Waals surface area contributed by atoms with E-state index in [4.69, 9.17) is 0 Å². The second kappa shape index (κ2) is 6.88. The fourth-order valence-electron chi connectivity index (χ4n) is 2.23. The number of benzene rings is 2. The Morgan fingerprint density at radius 3 is 2.32 bits per heavy atom. The molecule has 1 nitrogen and oxygen atoms in total. The number of hydrogen-bond acceptors (Lipinski definition) is 1. The minimum atomic E-state index is 0.469. The first kappa shape index (κ1) is 14.3. The molecule has 2 aromatic carbocycles. The van der Waals surface area contributed by atoms with Gasteiger partial charge in [-0.15, -0.1) is 0 Å². The van der Waals surface area contributed by atoms with Crippen molar-refractivity contribution in [3.8, 4) is 0 Å². The van der Waals surface area contributed by atoms with E-state index in [1.54, 1.807) is 0 Å². The van der Waals surface area contributed by atoms with Crippen LogP contribution in [-0.4, -0.2) is 13.1 Å². The Kier molecular flexibility index (Phi) is 5.17. The molecule has 0 aliphatic heterocycles. The maximum absolute atomic E-state index is 3.53. The summed E-state index contributed by atoms with van der Waals surface area (Å²) in [5, 5.41) is 3.42. The van der Waals surface area contributed by atoms with Crippen molar-refractivity contribution in [1.29, 1.82) is 0 Å². The molecular weight excluding hydrogens is 298 g/mol. The summed E-state index contributed by atoms with van der Waals surface area (Å²) in [6, 6.07) is 17.8. The average molecular weight is 318 g/mol. The molecule has 1 unspecified atom stereocenters. The van der Waals surface area contributed by atoms with Gasteiger partial charge in [-0.3, -0.25) is 0 Å². The summed E-state index contributed by atoms with van der Waals surface area (Å²) in [6.45, 7) is 2.13. The van der Waals surface area contributed by atoms with Crippen molar-refractivity contribution in [2.45, 2.75) is 25.8 Å². The van der Waals surface area contributed by atoms with Gasteiger partial charge in [0.15, 0.2) is 0 Å². The zero-order valence-corrected chi connectivity index (χ0v) is 13.1. The highest BCUT2D eigenvalue weighted by atomic mass is 79.9. The first-order valence-electron chi connectivity index (χ1n) is 6.64. The van der Waals surface area contributed by atoms with Gasteiger partial charge in [0.1, 0.15) is 0 Å². The molecule has 0 bridgehead atoms. The van der Waals surface area contributed by atoms with E-state index < -0.39 is 0 Å². The van der Waals surface area contributed by atoms with Crippen LogP contribution in [0.15, 0.2) is 53.0 Å². The Bertz CT molecular complexity index is 519. The quantitative estimate of drug-likeness (QED) is 0.874. The van der Waals surface area contributed by atoms with Crippen LogP contribution in [0.4, 0.5) is 0 Å². The molecule has 100 valence electrons. The van der Waals surface area contributed by atoms with Gasteiger partial charge in [-0.2, -0.15) is 0 Å². The lowest BCUT2D eigenvalue weighted by atomic mass is 9.98. The molecule has 1 atom stereocenters. The van der Waals surface area contributed by atoms with Crippen LogP contribution in [0.1, 0.15) is 16.7 Å². The third-order valence-corrected chi connectivity index (χ3v) is 3.88. The minimum absolute atomic E-state index is 0.469. The molecule has 0 amide bonds. The van der Waals surface area contributed by atoms with Crippen molar-refractivity contribution in [3.05, 3.63) is 69.7 Å². The second-order valence-electron chi connectivity index (χ2n) is 5.01. The molecule has 2 heteroatoms. The van der Waals surface area contributed by atoms with E-state index in [0.717, 1.165) is 17.3 Å². The number of halogens is 1. The molecule has 0 aliphatic rings. The monoisotopic (exact) mass is 317 g/mol. The summed E-state index contributed by atoms with van der Waals surface area (Å²) in [6.07, 6.45) is 2.10. The van der Waals surface area contributed by atoms with Crippen molar-refractivity contribution in [2.24, 2.45) is 0 Å². The molecule has 0 fully saturated rings. The molecule has 0 radical (unpaired) electrons. The minimum Gasteiger partial charge on any atom is -0.316 e. The van der Waals surface area contributed by atoms with Crippen molar-refractivity contribution in [2.75, 3.05) is 7.05 Å². The van der Waals surface area contributed by atoms with Crippen molar-refractivity contribution >= 4 is 15.9 Å². The van der Waals surface area contributed by atoms with Gasteiger partial charge in [-0.05, 0) is 50.1 Å². The third kappa shape index (κ3) is 4.48. The van der Waals surface area contributed by atoms with Crippen LogP contribution >= 0.6 is 15.9 Å². The molecule has 0 heterocycles. The molecule has 1 N–H and O–H groups in total. The van der Waals surface area contributed by atoms with Gasteiger partial charge < -0.3 is 5.32 Å². The molecule has 0 saturated heterocycles. The highest BCUT2D eigenvalue weighted by molar-refractivity contribution is 9.10. The summed E-state index contributed by atoms with van der Waals surface area (Å²) in [5.74, 6) is 0. The fourth-order valence-corrected chi connectivity index (χ4v) is 2.68. The first-order chi connectivity index (χ1) is 9.17. The molecule has 2 aromatic rings. The van der Waals surface area contributed by atoms with E-state index in [2.05, 4.69) is 76.7 Å². The highest BCUT2D eigenvalue weighted by Gasteiger charge is 2.08. The lowest BCUT2D eigenvalue weighted by Crippen LogP contribution is -2.29. The Balaban J connectivity index is 2.02. The first-order valence-corrected chi connectivity index (χ1v) is 7.44. The lowest BCUT2D eigenvalue weighted by molar-refractivity contribution is 0.556. The maximum Gasteiger partial charge on any atom is 0.0178 e. The van der Waals surface area contributed by atoms with Crippen LogP contribution in [0.5, 0.6) is 0 Å². The largest absolute Gasteiger partial charge is 0.316 e. The summed E-state index contributed by atoms with van der Waals surface area (Å²) >= 11 is 3.53. The lowest BCUT2D eigenvalue weighted by Gasteiger charge is -2.16. The van der Waals surface area contributed by atoms with Crippen molar-refractivity contribution in [3.63, 3.8) is 0 Å². The topological polar surface area (TPSA) is 12.0 Å². The molecule has 0 aromatic heterocycles. The molecule has 0 aliphatic carbocycles. The summed E-state index contributed by atoms with van der Waals surface area (Å²) in [4.78, 5) is 0. The van der Waals surface area contributed by atoms with E-state index in [9.17, 15) is 0 Å². The maximum atomic E-state index is 3.53. The predicted octanol–water partition coefficient (Wildman–Crippen LogP) is 4.13. The van der Waals surface area contributed by atoms with Gasteiger partial charge in [0.25, 0.3) is 0 Å².